The summed E-state index contributed by atoms with van der Waals surface area (Å²) in [5.41, 5.74) is 5.52. The molecule has 0 saturated heterocycles. The molecule has 0 aliphatic heterocycles. The highest BCUT2D eigenvalue weighted by Gasteiger charge is 2.32. The van der Waals surface area contributed by atoms with Crippen molar-refractivity contribution in [2.75, 3.05) is 27.2 Å². The van der Waals surface area contributed by atoms with E-state index in [0.29, 0.717) is 17.9 Å². The Kier molecular flexibility index (Phi) is 9.48. The number of halogens is 1. The first kappa shape index (κ1) is 29.2. The minimum atomic E-state index is -1.01. The lowest BCUT2D eigenvalue weighted by molar-refractivity contribution is -0.144. The summed E-state index contributed by atoms with van der Waals surface area (Å²) >= 11 is 6.07. The number of amides is 2. The van der Waals surface area contributed by atoms with Crippen LogP contribution in [0.5, 0.6) is 0 Å². The zero-order valence-electron chi connectivity index (χ0n) is 23.0. The maximum atomic E-state index is 13.4. The summed E-state index contributed by atoms with van der Waals surface area (Å²) in [5, 5.41) is 9.83. The quantitative estimate of drug-likeness (QED) is 0.305. The molecule has 1 aliphatic carbocycles. The van der Waals surface area contributed by atoms with Crippen molar-refractivity contribution in [3.63, 3.8) is 0 Å². The number of likely N-dealkylation sites (N-methyl/N-ethyl adjacent to an activating group) is 2. The van der Waals surface area contributed by atoms with Crippen LogP contribution in [0.15, 0.2) is 72.8 Å². The van der Waals surface area contributed by atoms with E-state index < -0.39 is 24.0 Å². The number of carboxylic acids is 1. The van der Waals surface area contributed by atoms with Crippen LogP contribution in [0.25, 0.3) is 11.1 Å². The van der Waals surface area contributed by atoms with Gasteiger partial charge in [0.05, 0.1) is 12.5 Å². The molecule has 1 N–H and O–H groups in total. The smallest absolute Gasteiger partial charge is 0.409 e. The first-order valence-corrected chi connectivity index (χ1v) is 13.9. The third kappa shape index (κ3) is 6.65. The van der Waals surface area contributed by atoms with Crippen LogP contribution in [0.3, 0.4) is 0 Å². The summed E-state index contributed by atoms with van der Waals surface area (Å²) in [6.07, 6.45) is 0.161. The number of rotatable bonds is 11. The van der Waals surface area contributed by atoms with Gasteiger partial charge in [-0.1, -0.05) is 79.2 Å². The molecule has 0 fully saturated rings. The summed E-state index contributed by atoms with van der Waals surface area (Å²) in [6.45, 7) is 2.21. The van der Waals surface area contributed by atoms with E-state index in [1.807, 2.05) is 36.4 Å². The molecule has 0 spiro atoms. The third-order valence-corrected chi connectivity index (χ3v) is 7.93. The molecule has 0 heterocycles. The van der Waals surface area contributed by atoms with Gasteiger partial charge in [0.25, 0.3) is 0 Å². The first-order valence-electron chi connectivity index (χ1n) is 13.5. The largest absolute Gasteiger partial charge is 0.481 e. The van der Waals surface area contributed by atoms with E-state index in [2.05, 4.69) is 24.3 Å². The van der Waals surface area contributed by atoms with Crippen LogP contribution in [0.4, 0.5) is 4.79 Å². The van der Waals surface area contributed by atoms with E-state index in [-0.39, 0.29) is 31.4 Å². The molecule has 40 heavy (non-hydrogen) atoms. The molecule has 0 aromatic heterocycles. The van der Waals surface area contributed by atoms with E-state index in [4.69, 9.17) is 16.3 Å². The normalized spacial score (nSPS) is 13.6. The highest BCUT2D eigenvalue weighted by molar-refractivity contribution is 6.30. The Morgan fingerprint density at radius 3 is 2.05 bits per heavy atom. The fourth-order valence-electron chi connectivity index (χ4n) is 5.40. The standard InChI is InChI=1S/C32H35ClN2O5/c1-4-22(18-30(36)37)31(38)34(2)19-24(17-21-13-15-23(33)16-14-21)35(3)32(39)40-20-29-27-11-7-5-9-25(27)26-10-6-8-12-28(26)29/h5-16,22,24,29H,4,17-20H2,1-3H3,(H,36,37)/t22-,24-/m1/s1. The Bertz CT molecular complexity index is 1310. The van der Waals surface area contributed by atoms with E-state index in [9.17, 15) is 19.5 Å². The Morgan fingerprint density at radius 1 is 0.925 bits per heavy atom. The minimum Gasteiger partial charge on any atom is -0.481 e. The monoisotopic (exact) mass is 562 g/mol. The Morgan fingerprint density at radius 2 is 1.50 bits per heavy atom. The maximum Gasteiger partial charge on any atom is 0.409 e. The SMILES string of the molecule is CC[C@H](CC(=O)O)C(=O)N(C)C[C@@H](Cc1ccc(Cl)cc1)N(C)C(=O)OCC1c2ccccc2-c2ccccc21. The summed E-state index contributed by atoms with van der Waals surface area (Å²) in [7, 11) is 3.32. The second-order valence-corrected chi connectivity index (χ2v) is 10.8. The van der Waals surface area contributed by atoms with Crippen molar-refractivity contribution in [3.8, 4) is 11.1 Å². The van der Waals surface area contributed by atoms with Gasteiger partial charge >= 0.3 is 12.1 Å². The van der Waals surface area contributed by atoms with Crippen LogP contribution in [0.2, 0.25) is 5.02 Å². The second-order valence-electron chi connectivity index (χ2n) is 10.3. The average Bonchev–Trinajstić information content (AvgIpc) is 3.28. The number of aliphatic carboxylic acids is 1. The van der Waals surface area contributed by atoms with E-state index in [1.54, 1.807) is 33.2 Å². The molecule has 8 heteroatoms. The fourth-order valence-corrected chi connectivity index (χ4v) is 5.52. The molecule has 2 amide bonds. The van der Waals surface area contributed by atoms with Gasteiger partial charge in [-0.25, -0.2) is 4.79 Å². The van der Waals surface area contributed by atoms with Crippen molar-refractivity contribution in [1.29, 1.82) is 0 Å². The number of carbonyl (C=O) groups excluding carboxylic acids is 2. The molecule has 2 atom stereocenters. The van der Waals surface area contributed by atoms with Gasteiger partial charge in [0.2, 0.25) is 5.91 Å². The third-order valence-electron chi connectivity index (χ3n) is 7.68. The van der Waals surface area contributed by atoms with Crippen molar-refractivity contribution in [2.24, 2.45) is 5.92 Å². The predicted molar refractivity (Wildman–Crippen MR) is 155 cm³/mol. The molecule has 0 radical (unpaired) electrons. The summed E-state index contributed by atoms with van der Waals surface area (Å²) in [4.78, 5) is 40.8. The van der Waals surface area contributed by atoms with Crippen LogP contribution in [0.1, 0.15) is 42.4 Å². The van der Waals surface area contributed by atoms with E-state index in [1.165, 1.54) is 9.80 Å². The molecule has 0 bridgehead atoms. The predicted octanol–water partition coefficient (Wildman–Crippen LogP) is 6.09. The molecule has 0 unspecified atom stereocenters. The van der Waals surface area contributed by atoms with Crippen LogP contribution in [-0.2, 0) is 20.7 Å². The summed E-state index contributed by atoms with van der Waals surface area (Å²) < 4.78 is 5.89. The zero-order valence-corrected chi connectivity index (χ0v) is 23.8. The summed E-state index contributed by atoms with van der Waals surface area (Å²) in [6, 6.07) is 23.3. The van der Waals surface area contributed by atoms with Crippen LogP contribution < -0.4 is 0 Å². The number of nitrogens with zero attached hydrogens (tertiary/aromatic N) is 2. The number of hydrogen-bond donors (Lipinski definition) is 1. The number of ether oxygens (including phenoxy) is 1. The maximum absolute atomic E-state index is 13.4. The van der Waals surface area contributed by atoms with E-state index >= 15 is 0 Å². The highest BCUT2D eigenvalue weighted by Crippen LogP contribution is 2.44. The van der Waals surface area contributed by atoms with Gasteiger partial charge in [0.1, 0.15) is 6.61 Å². The van der Waals surface area contributed by atoms with Gasteiger partial charge in [-0.15, -0.1) is 0 Å². The highest BCUT2D eigenvalue weighted by atomic mass is 35.5. The summed E-state index contributed by atoms with van der Waals surface area (Å²) in [5.74, 6) is -1.96. The molecule has 0 saturated carbocycles. The fraction of sp³-hybridized carbons (Fsp3) is 0.344. The lowest BCUT2D eigenvalue weighted by Gasteiger charge is -2.33. The molecule has 4 rings (SSSR count). The molecular formula is C32H35ClN2O5. The van der Waals surface area contributed by atoms with Gasteiger partial charge in [0, 0.05) is 37.5 Å². The number of hydrogen-bond acceptors (Lipinski definition) is 4. The molecule has 7 nitrogen and oxygen atoms in total. The second kappa shape index (κ2) is 13.0. The number of carbonyl (C=O) groups is 3. The number of carboxylic acid groups (broad SMARTS) is 1. The number of benzene rings is 3. The number of fused-ring (bicyclic) bond motifs is 3. The lowest BCUT2D eigenvalue weighted by atomic mass is 9.98. The lowest BCUT2D eigenvalue weighted by Crippen LogP contribution is -2.48. The average molecular weight is 563 g/mol. The van der Waals surface area contributed by atoms with Crippen molar-refractivity contribution in [2.45, 2.75) is 38.1 Å². The van der Waals surface area contributed by atoms with Gasteiger partial charge in [-0.05, 0) is 52.8 Å². The van der Waals surface area contributed by atoms with E-state index in [0.717, 1.165) is 27.8 Å². The van der Waals surface area contributed by atoms with Crippen molar-refractivity contribution < 1.29 is 24.2 Å². The van der Waals surface area contributed by atoms with Crippen LogP contribution in [0, 0.1) is 5.92 Å². The molecule has 3 aromatic carbocycles. The van der Waals surface area contributed by atoms with Crippen molar-refractivity contribution in [3.05, 3.63) is 94.5 Å². The van der Waals surface area contributed by atoms with Gasteiger partial charge in [-0.2, -0.15) is 0 Å². The Hall–Kier alpha value is -3.84. The molecule has 210 valence electrons. The minimum absolute atomic E-state index is 0.0648. The van der Waals surface area contributed by atoms with Crippen LogP contribution in [-0.4, -0.2) is 66.2 Å². The Balaban J connectivity index is 1.50. The molecule has 1 aliphatic rings. The van der Waals surface area contributed by atoms with Crippen LogP contribution >= 0.6 is 11.6 Å². The van der Waals surface area contributed by atoms with Gasteiger partial charge in [0.15, 0.2) is 0 Å². The van der Waals surface area contributed by atoms with Crippen molar-refractivity contribution >= 4 is 29.6 Å². The Labute approximate surface area is 240 Å². The topological polar surface area (TPSA) is 87.2 Å². The molecule has 3 aromatic rings. The van der Waals surface area contributed by atoms with Gasteiger partial charge < -0.3 is 19.6 Å². The zero-order chi connectivity index (χ0) is 28.8. The van der Waals surface area contributed by atoms with Crippen molar-refractivity contribution in [1.82, 2.24) is 9.80 Å². The van der Waals surface area contributed by atoms with Gasteiger partial charge in [-0.3, -0.25) is 9.59 Å². The first-order chi connectivity index (χ1) is 19.2. The molecular weight excluding hydrogens is 528 g/mol.